The van der Waals surface area contributed by atoms with Crippen LogP contribution in [0, 0.1) is 6.92 Å². The fraction of sp³-hybridized carbons (Fsp3) is 0.261. The van der Waals surface area contributed by atoms with Gasteiger partial charge in [0.15, 0.2) is 5.17 Å². The number of nitrogens with zero attached hydrogens (tertiary/aromatic N) is 3. The van der Waals surface area contributed by atoms with Gasteiger partial charge in [-0.1, -0.05) is 23.8 Å². The van der Waals surface area contributed by atoms with Crippen molar-refractivity contribution in [1.82, 2.24) is 20.4 Å². The number of hydrogen-bond donors (Lipinski definition) is 2. The van der Waals surface area contributed by atoms with Crippen LogP contribution < -0.4 is 10.6 Å². The Morgan fingerprint density at radius 2 is 2.06 bits per heavy atom. The first-order valence-electron chi connectivity index (χ1n) is 10.4. The first-order valence-corrected chi connectivity index (χ1v) is 11.2. The highest BCUT2D eigenvalue weighted by molar-refractivity contribution is 8.18. The van der Waals surface area contributed by atoms with Crippen molar-refractivity contribution < 1.29 is 18.0 Å². The van der Waals surface area contributed by atoms with Crippen LogP contribution in [0.2, 0.25) is 0 Å². The van der Waals surface area contributed by atoms with Gasteiger partial charge in [-0.05, 0) is 54.1 Å². The van der Waals surface area contributed by atoms with Crippen molar-refractivity contribution in [3.63, 3.8) is 0 Å². The Morgan fingerprint density at radius 1 is 1.24 bits per heavy atom. The summed E-state index contributed by atoms with van der Waals surface area (Å²) in [5, 5.41) is 11.6. The van der Waals surface area contributed by atoms with Gasteiger partial charge in [-0.25, -0.2) is 0 Å². The van der Waals surface area contributed by atoms with Gasteiger partial charge in [0.2, 0.25) is 0 Å². The third kappa shape index (κ3) is 4.53. The Morgan fingerprint density at radius 3 is 2.79 bits per heavy atom. The van der Waals surface area contributed by atoms with Crippen LogP contribution in [0.4, 0.5) is 13.2 Å². The van der Waals surface area contributed by atoms with E-state index in [4.69, 9.17) is 0 Å². The summed E-state index contributed by atoms with van der Waals surface area (Å²) in [4.78, 5) is 17.3. The second-order valence-electron chi connectivity index (χ2n) is 8.09. The number of carbonyl (C=O) groups excluding carboxylic acids is 1. The molecule has 2 saturated heterocycles. The number of carbonyl (C=O) groups is 1. The van der Waals surface area contributed by atoms with E-state index in [9.17, 15) is 18.0 Å². The number of nitrogens with one attached hydrogen (secondary N) is 2. The van der Waals surface area contributed by atoms with Gasteiger partial charge in [-0.2, -0.15) is 18.3 Å². The highest BCUT2D eigenvalue weighted by Crippen LogP contribution is 2.33. The van der Waals surface area contributed by atoms with E-state index in [2.05, 4.69) is 20.7 Å². The van der Waals surface area contributed by atoms with Crippen molar-refractivity contribution in [3.05, 3.63) is 69.8 Å². The summed E-state index contributed by atoms with van der Waals surface area (Å²) in [6.45, 7) is 3.27. The molecule has 0 unspecified atom stereocenters. The molecule has 0 saturated carbocycles. The number of amidine groups is 1. The molecule has 5 rings (SSSR count). The molecule has 2 aliphatic heterocycles. The monoisotopic (exact) mass is 471 g/mol. The molecule has 1 amide bonds. The highest BCUT2D eigenvalue weighted by atomic mass is 32.2. The first kappa shape index (κ1) is 21.7. The second-order valence-corrected chi connectivity index (χ2v) is 9.12. The normalized spacial score (nSPS) is 19.5. The molecule has 1 aromatic heterocycles. The smallest absolute Gasteiger partial charge is 0.312 e. The first-order chi connectivity index (χ1) is 15.8. The maximum absolute atomic E-state index is 13.5. The van der Waals surface area contributed by atoms with E-state index in [1.54, 1.807) is 29.9 Å². The van der Waals surface area contributed by atoms with E-state index in [0.717, 1.165) is 30.1 Å². The SMILES string of the molecule is Cc1ccc(Cn2ncc3cc(/C=C4\SC(=NC5CNC5)NC4=O)ccc32)c(C(F)(F)F)c1. The van der Waals surface area contributed by atoms with Crippen molar-refractivity contribution in [3.8, 4) is 0 Å². The fourth-order valence-electron chi connectivity index (χ4n) is 3.75. The minimum atomic E-state index is -4.43. The fourth-order valence-corrected chi connectivity index (χ4v) is 4.64. The van der Waals surface area contributed by atoms with Crippen molar-refractivity contribution in [2.75, 3.05) is 13.1 Å². The molecule has 0 atom stereocenters. The van der Waals surface area contributed by atoms with E-state index >= 15 is 0 Å². The summed E-state index contributed by atoms with van der Waals surface area (Å²) in [5.74, 6) is -0.194. The summed E-state index contributed by atoms with van der Waals surface area (Å²) in [7, 11) is 0. The Labute approximate surface area is 192 Å². The van der Waals surface area contributed by atoms with Gasteiger partial charge in [0.1, 0.15) is 0 Å². The van der Waals surface area contributed by atoms with Gasteiger partial charge < -0.3 is 10.6 Å². The zero-order chi connectivity index (χ0) is 23.2. The second kappa shape index (κ2) is 8.35. The molecule has 2 aromatic carbocycles. The average Bonchev–Trinajstić information content (AvgIpc) is 3.28. The predicted octanol–water partition coefficient (Wildman–Crippen LogP) is 3.94. The molecule has 33 heavy (non-hydrogen) atoms. The molecule has 2 N–H and O–H groups in total. The van der Waals surface area contributed by atoms with Crippen LogP contribution in [0.25, 0.3) is 17.0 Å². The summed E-state index contributed by atoms with van der Waals surface area (Å²) in [6.07, 6.45) is -1.03. The zero-order valence-electron chi connectivity index (χ0n) is 17.6. The summed E-state index contributed by atoms with van der Waals surface area (Å²) < 4.78 is 42.0. The minimum Gasteiger partial charge on any atom is -0.312 e. The molecule has 2 aliphatic rings. The van der Waals surface area contributed by atoms with Gasteiger partial charge in [-0.3, -0.25) is 14.5 Å². The number of rotatable bonds is 4. The molecule has 0 aliphatic carbocycles. The van der Waals surface area contributed by atoms with Crippen molar-refractivity contribution >= 4 is 39.8 Å². The number of amides is 1. The van der Waals surface area contributed by atoms with Crippen LogP contribution in [0.15, 0.2) is 52.5 Å². The number of hydrogen-bond acceptors (Lipinski definition) is 5. The van der Waals surface area contributed by atoms with Crippen LogP contribution >= 0.6 is 11.8 Å². The van der Waals surface area contributed by atoms with Gasteiger partial charge in [-0.15, -0.1) is 0 Å². The topological polar surface area (TPSA) is 71.3 Å². The lowest BCUT2D eigenvalue weighted by atomic mass is 10.0. The number of fused-ring (bicyclic) bond motifs is 1. The summed E-state index contributed by atoms with van der Waals surface area (Å²) in [5.41, 5.74) is 1.59. The Kier molecular flexibility index (Phi) is 5.49. The quantitative estimate of drug-likeness (QED) is 0.566. The summed E-state index contributed by atoms with van der Waals surface area (Å²) >= 11 is 1.30. The van der Waals surface area contributed by atoms with E-state index in [1.807, 2.05) is 18.2 Å². The molecule has 6 nitrogen and oxygen atoms in total. The van der Waals surface area contributed by atoms with E-state index < -0.39 is 11.7 Å². The molecule has 170 valence electrons. The molecule has 10 heteroatoms. The van der Waals surface area contributed by atoms with Crippen molar-refractivity contribution in [2.45, 2.75) is 25.7 Å². The minimum absolute atomic E-state index is 0.00711. The lowest BCUT2D eigenvalue weighted by molar-refractivity contribution is -0.138. The maximum atomic E-state index is 13.5. The van der Waals surface area contributed by atoms with Gasteiger partial charge in [0.05, 0.1) is 34.8 Å². The number of thioether (sulfide) groups is 1. The third-order valence-electron chi connectivity index (χ3n) is 5.57. The van der Waals surface area contributed by atoms with Crippen LogP contribution in [-0.4, -0.2) is 40.0 Å². The molecule has 3 heterocycles. The number of aryl methyl sites for hydroxylation is 1. The molecular weight excluding hydrogens is 451 g/mol. The van der Waals surface area contributed by atoms with Crippen LogP contribution in [0.1, 0.15) is 22.3 Å². The average molecular weight is 472 g/mol. The van der Waals surface area contributed by atoms with Crippen LogP contribution in [0.5, 0.6) is 0 Å². The van der Waals surface area contributed by atoms with E-state index in [0.29, 0.717) is 21.2 Å². The van der Waals surface area contributed by atoms with Crippen molar-refractivity contribution in [1.29, 1.82) is 0 Å². The third-order valence-corrected chi connectivity index (χ3v) is 6.49. The molecular formula is C23H20F3N5OS. The molecule has 0 bridgehead atoms. The predicted molar refractivity (Wildman–Crippen MR) is 123 cm³/mol. The number of alkyl halides is 3. The standard InChI is InChI=1S/C23H20F3N5OS/c1-13-2-4-15(18(6-13)23(24,25)26)12-31-19-5-3-14(7-16(19)9-28-31)8-20-21(32)30-22(33-20)29-17-10-27-11-17/h2-9,17,27H,10-12H2,1H3,(H,29,30,32)/b20-8-. The molecule has 3 aromatic rings. The largest absolute Gasteiger partial charge is 0.416 e. The van der Waals surface area contributed by atoms with Crippen LogP contribution in [-0.2, 0) is 17.5 Å². The lowest BCUT2D eigenvalue weighted by Crippen LogP contribution is -2.46. The number of benzene rings is 2. The molecule has 2 fully saturated rings. The Bertz CT molecular complexity index is 1310. The van der Waals surface area contributed by atoms with E-state index in [1.165, 1.54) is 17.8 Å². The molecule has 0 radical (unpaired) electrons. The maximum Gasteiger partial charge on any atom is 0.416 e. The van der Waals surface area contributed by atoms with Gasteiger partial charge in [0.25, 0.3) is 5.91 Å². The molecule has 0 spiro atoms. The van der Waals surface area contributed by atoms with Gasteiger partial charge >= 0.3 is 6.18 Å². The van der Waals surface area contributed by atoms with E-state index in [-0.39, 0.29) is 24.1 Å². The summed E-state index contributed by atoms with van der Waals surface area (Å²) in [6, 6.07) is 10.0. The van der Waals surface area contributed by atoms with Crippen molar-refractivity contribution in [2.24, 2.45) is 4.99 Å². The van der Waals surface area contributed by atoms with Crippen LogP contribution in [0.3, 0.4) is 0 Å². The zero-order valence-corrected chi connectivity index (χ0v) is 18.4. The number of aliphatic imine (C=N–C) groups is 1. The number of aromatic nitrogens is 2. The highest BCUT2D eigenvalue weighted by Gasteiger charge is 2.33. The lowest BCUT2D eigenvalue weighted by Gasteiger charge is -2.23. The van der Waals surface area contributed by atoms with Gasteiger partial charge in [0, 0.05) is 18.5 Å². The Hall–Kier alpha value is -3.11. The number of halogens is 3. The Balaban J connectivity index is 1.39.